The molecule has 176 valence electrons. The number of ether oxygens (including phenoxy) is 2. The van der Waals surface area contributed by atoms with Crippen LogP contribution in [0.3, 0.4) is 0 Å². The molecule has 0 fully saturated rings. The first-order chi connectivity index (χ1) is 14.8. The number of nitrogens with zero attached hydrogens (tertiary/aromatic N) is 1. The lowest BCUT2D eigenvalue weighted by molar-refractivity contribution is -0.483. The van der Waals surface area contributed by atoms with Crippen molar-refractivity contribution in [3.8, 4) is 11.5 Å². The highest BCUT2D eigenvalue weighted by Crippen LogP contribution is 2.36. The summed E-state index contributed by atoms with van der Waals surface area (Å²) < 4.78 is 13.8. The van der Waals surface area contributed by atoms with Crippen molar-refractivity contribution in [3.05, 3.63) is 53.1 Å². The quantitative estimate of drug-likeness (QED) is 0.440. The van der Waals surface area contributed by atoms with Crippen LogP contribution in [0.5, 0.6) is 11.5 Å². The van der Waals surface area contributed by atoms with Gasteiger partial charge in [-0.1, -0.05) is 59.1 Å². The lowest BCUT2D eigenvalue weighted by Gasteiger charge is -2.25. The topological polar surface area (TPSA) is 21.5 Å². The van der Waals surface area contributed by atoms with E-state index >= 15 is 0 Å². The smallest absolute Gasteiger partial charge is 0.205 e. The molecule has 32 heavy (non-hydrogen) atoms. The van der Waals surface area contributed by atoms with Crippen molar-refractivity contribution < 1.29 is 26.5 Å². The zero-order valence-corrected chi connectivity index (χ0v) is 21.7. The fourth-order valence-electron chi connectivity index (χ4n) is 4.67. The van der Waals surface area contributed by atoms with Crippen molar-refractivity contribution in [3.63, 3.8) is 0 Å². The van der Waals surface area contributed by atoms with E-state index in [1.54, 1.807) is 14.2 Å². The van der Waals surface area contributed by atoms with Gasteiger partial charge in [0.15, 0.2) is 23.3 Å². The highest BCUT2D eigenvalue weighted by atomic mass is 35.5. The van der Waals surface area contributed by atoms with E-state index in [4.69, 9.17) is 9.47 Å². The Kier molecular flexibility index (Phi) is 9.21. The second-order valence-corrected chi connectivity index (χ2v) is 9.84. The minimum atomic E-state index is 0. The first-order valence-electron chi connectivity index (χ1n) is 11.8. The Hall–Kier alpha value is -2.00. The van der Waals surface area contributed by atoms with Gasteiger partial charge in [0.2, 0.25) is 5.69 Å². The Balaban J connectivity index is 0.00000363. The zero-order chi connectivity index (χ0) is 22.6. The lowest BCUT2D eigenvalue weighted by Crippen LogP contribution is -3.00. The Labute approximate surface area is 201 Å². The molecule has 1 unspecified atom stereocenters. The molecule has 0 aliphatic carbocycles. The number of halogens is 1. The largest absolute Gasteiger partial charge is 1.00 e. The molecule has 0 bridgehead atoms. The molecule has 1 atom stereocenters. The average Bonchev–Trinajstić information content (AvgIpc) is 2.75. The Bertz CT molecular complexity index is 926. The van der Waals surface area contributed by atoms with Gasteiger partial charge in [0.1, 0.15) is 0 Å². The molecule has 0 aromatic heterocycles. The summed E-state index contributed by atoms with van der Waals surface area (Å²) in [5.41, 5.74) is 6.90. The first-order valence-corrected chi connectivity index (χ1v) is 11.8. The second-order valence-electron chi connectivity index (χ2n) is 9.84. The number of rotatable bonds is 8. The Morgan fingerprint density at radius 1 is 0.938 bits per heavy atom. The van der Waals surface area contributed by atoms with Gasteiger partial charge in [0, 0.05) is 30.5 Å². The maximum absolute atomic E-state index is 5.66. The Morgan fingerprint density at radius 2 is 1.56 bits per heavy atom. The maximum Gasteiger partial charge on any atom is 0.205 e. The Morgan fingerprint density at radius 3 is 2.12 bits per heavy atom. The first kappa shape index (κ1) is 26.3. The maximum atomic E-state index is 5.66. The minimum Gasteiger partial charge on any atom is -1.00 e. The summed E-state index contributed by atoms with van der Waals surface area (Å²) in [6, 6.07) is 13.9. The van der Waals surface area contributed by atoms with Gasteiger partial charge >= 0.3 is 0 Å². The molecule has 4 heteroatoms. The summed E-state index contributed by atoms with van der Waals surface area (Å²) in [7, 11) is 3.44. The predicted octanol–water partition coefficient (Wildman–Crippen LogP) is 4.05. The van der Waals surface area contributed by atoms with Crippen molar-refractivity contribution >= 4 is 11.4 Å². The monoisotopic (exact) mass is 457 g/mol. The van der Waals surface area contributed by atoms with Crippen LogP contribution in [-0.2, 0) is 11.8 Å². The van der Waals surface area contributed by atoms with E-state index in [1.807, 2.05) is 0 Å². The van der Waals surface area contributed by atoms with E-state index in [0.29, 0.717) is 6.04 Å². The van der Waals surface area contributed by atoms with Crippen LogP contribution in [0.2, 0.25) is 0 Å². The number of hydrogen-bond donors (Lipinski definition) is 0. The molecule has 1 aliphatic heterocycles. The third kappa shape index (κ3) is 5.67. The van der Waals surface area contributed by atoms with Crippen molar-refractivity contribution in [1.29, 1.82) is 0 Å². The van der Waals surface area contributed by atoms with Gasteiger partial charge in [0.05, 0.1) is 14.2 Å². The molecule has 0 N–H and O–H groups in total. The molecule has 1 heterocycles. The molecular formula is C28H40ClNO2. The summed E-state index contributed by atoms with van der Waals surface area (Å²) >= 11 is 0. The molecule has 2 aromatic rings. The van der Waals surface area contributed by atoms with Crippen LogP contribution < -0.4 is 21.9 Å². The van der Waals surface area contributed by atoms with Crippen molar-refractivity contribution in [2.45, 2.75) is 84.6 Å². The molecule has 2 aromatic carbocycles. The molecule has 0 amide bonds. The van der Waals surface area contributed by atoms with Crippen molar-refractivity contribution in [2.24, 2.45) is 0 Å². The van der Waals surface area contributed by atoms with Crippen LogP contribution in [0.25, 0.3) is 0 Å². The van der Waals surface area contributed by atoms with E-state index in [0.717, 1.165) is 24.3 Å². The SMILES string of the molecule is CCCCCCC1=[N+](c2ccc(C(C)(C)C)cc2)C(C)Cc2cc(OC)c(OC)cc21.[Cl-]. The van der Waals surface area contributed by atoms with Crippen LogP contribution in [0.1, 0.15) is 83.4 Å². The van der Waals surface area contributed by atoms with Gasteiger partial charge in [-0.2, -0.15) is 4.58 Å². The zero-order valence-electron chi connectivity index (χ0n) is 20.9. The molecule has 0 spiro atoms. The molecular weight excluding hydrogens is 418 g/mol. The summed E-state index contributed by atoms with van der Waals surface area (Å²) in [6.07, 6.45) is 7.10. The standard InChI is InChI=1S/C28H40NO2.ClH/c1-8-9-10-11-12-25-24-19-27(31-7)26(30-6)18-21(24)17-20(2)29(25)23-15-13-22(14-16-23)28(3,4)5;/h13-16,18-20H,8-12,17H2,1-7H3;1H/q+1;/p-1. The van der Waals surface area contributed by atoms with Crippen molar-refractivity contribution in [2.75, 3.05) is 14.2 Å². The molecule has 0 saturated carbocycles. The van der Waals surface area contributed by atoms with E-state index in [1.165, 1.54) is 53.8 Å². The fraction of sp³-hybridized carbons (Fsp3) is 0.536. The van der Waals surface area contributed by atoms with Gasteiger partial charge in [-0.25, -0.2) is 0 Å². The van der Waals surface area contributed by atoms with Gasteiger partial charge < -0.3 is 21.9 Å². The minimum absolute atomic E-state index is 0. The molecule has 3 nitrogen and oxygen atoms in total. The van der Waals surface area contributed by atoms with E-state index in [2.05, 4.69) is 75.6 Å². The number of hydrogen-bond acceptors (Lipinski definition) is 2. The molecule has 0 saturated heterocycles. The number of unbranched alkanes of at least 4 members (excludes halogenated alkanes) is 3. The summed E-state index contributed by atoms with van der Waals surface area (Å²) in [6.45, 7) is 11.4. The van der Waals surface area contributed by atoms with Gasteiger partial charge in [0.25, 0.3) is 0 Å². The number of benzene rings is 2. The summed E-state index contributed by atoms with van der Waals surface area (Å²) in [4.78, 5) is 0. The third-order valence-electron chi connectivity index (χ3n) is 6.45. The molecule has 0 radical (unpaired) electrons. The average molecular weight is 458 g/mol. The van der Waals surface area contributed by atoms with E-state index < -0.39 is 0 Å². The summed E-state index contributed by atoms with van der Waals surface area (Å²) in [5, 5.41) is 0. The van der Waals surface area contributed by atoms with Crippen LogP contribution in [-0.4, -0.2) is 30.5 Å². The van der Waals surface area contributed by atoms with Crippen LogP contribution >= 0.6 is 0 Å². The second kappa shape index (κ2) is 11.2. The van der Waals surface area contributed by atoms with E-state index in [9.17, 15) is 0 Å². The van der Waals surface area contributed by atoms with Gasteiger partial charge in [-0.05, 0) is 42.0 Å². The van der Waals surface area contributed by atoms with Crippen LogP contribution in [0, 0.1) is 0 Å². The normalized spacial score (nSPS) is 15.8. The number of fused-ring (bicyclic) bond motifs is 1. The fourth-order valence-corrected chi connectivity index (χ4v) is 4.67. The van der Waals surface area contributed by atoms with Gasteiger partial charge in [-0.15, -0.1) is 0 Å². The molecule has 1 aliphatic rings. The highest BCUT2D eigenvalue weighted by Gasteiger charge is 2.33. The highest BCUT2D eigenvalue weighted by molar-refractivity contribution is 6.00. The predicted molar refractivity (Wildman–Crippen MR) is 131 cm³/mol. The lowest BCUT2D eigenvalue weighted by atomic mass is 9.86. The van der Waals surface area contributed by atoms with Gasteiger partial charge in [-0.3, -0.25) is 0 Å². The van der Waals surface area contributed by atoms with E-state index in [-0.39, 0.29) is 17.8 Å². The summed E-state index contributed by atoms with van der Waals surface area (Å²) in [5.74, 6) is 1.63. The number of methoxy groups -OCH3 is 2. The third-order valence-corrected chi connectivity index (χ3v) is 6.45. The van der Waals surface area contributed by atoms with Crippen LogP contribution in [0.15, 0.2) is 36.4 Å². The van der Waals surface area contributed by atoms with Crippen LogP contribution in [0.4, 0.5) is 5.69 Å². The molecule has 3 rings (SSSR count). The van der Waals surface area contributed by atoms with Crippen molar-refractivity contribution in [1.82, 2.24) is 0 Å².